The summed E-state index contributed by atoms with van der Waals surface area (Å²) < 4.78 is 13.6. The Morgan fingerprint density at radius 3 is 2.64 bits per heavy atom. The molecule has 1 amide bonds. The quantitative estimate of drug-likeness (QED) is 0.792. The Hall–Kier alpha value is -1.37. The van der Waals surface area contributed by atoms with Crippen LogP contribution in [0.4, 0.5) is 4.39 Å². The summed E-state index contributed by atoms with van der Waals surface area (Å²) in [6, 6.07) is 2.50. The second-order valence-electron chi connectivity index (χ2n) is 5.48. The lowest BCUT2D eigenvalue weighted by Gasteiger charge is -2.33. The van der Waals surface area contributed by atoms with E-state index in [1.54, 1.807) is 0 Å². The molecule has 0 saturated heterocycles. The Morgan fingerprint density at radius 2 is 2.09 bits per heavy atom. The van der Waals surface area contributed by atoms with E-state index in [0.29, 0.717) is 17.6 Å². The third-order valence-electron chi connectivity index (χ3n) is 3.83. The molecule has 1 aromatic carbocycles. The molecule has 0 aliphatic heterocycles. The molecular weight excluding hydrogens is 330 g/mol. The van der Waals surface area contributed by atoms with E-state index in [1.807, 2.05) is 20.8 Å². The van der Waals surface area contributed by atoms with Crippen LogP contribution in [0.25, 0.3) is 11.0 Å². The van der Waals surface area contributed by atoms with Gasteiger partial charge in [0.2, 0.25) is 0 Å². The lowest BCUT2D eigenvalue weighted by atomic mass is 9.88. The Labute approximate surface area is 141 Å². The number of aromatic nitrogens is 2. The standard InChI is InChI=1S/C14H19FN4O.2ClH/c1-8(2)14(3,6-16)19-13(20)10-4-9(15)5-11-12(10)18-7-17-11;;/h4-5,7-8H,6,16H2,1-3H3,(H,17,18)(H,19,20);2*1H. The monoisotopic (exact) mass is 350 g/mol. The van der Waals surface area contributed by atoms with Crippen LogP contribution in [0.1, 0.15) is 31.1 Å². The predicted molar refractivity (Wildman–Crippen MR) is 90.3 cm³/mol. The van der Waals surface area contributed by atoms with Crippen LogP contribution >= 0.6 is 24.8 Å². The van der Waals surface area contributed by atoms with E-state index in [2.05, 4.69) is 15.3 Å². The number of aromatic amines is 1. The molecule has 0 spiro atoms. The number of carbonyl (C=O) groups excluding carboxylic acids is 1. The van der Waals surface area contributed by atoms with Crippen molar-refractivity contribution in [2.75, 3.05) is 6.54 Å². The van der Waals surface area contributed by atoms with Gasteiger partial charge in [-0.3, -0.25) is 4.79 Å². The maximum Gasteiger partial charge on any atom is 0.254 e. The maximum absolute atomic E-state index is 13.6. The van der Waals surface area contributed by atoms with Crippen molar-refractivity contribution >= 4 is 41.8 Å². The fourth-order valence-corrected chi connectivity index (χ4v) is 1.95. The number of nitrogens with one attached hydrogen (secondary N) is 2. The van der Waals surface area contributed by atoms with Crippen molar-refractivity contribution in [1.29, 1.82) is 0 Å². The summed E-state index contributed by atoms with van der Waals surface area (Å²) in [4.78, 5) is 19.3. The average molecular weight is 351 g/mol. The Bertz CT molecular complexity index is 647. The van der Waals surface area contributed by atoms with Crippen molar-refractivity contribution in [3.05, 3.63) is 29.8 Å². The number of amides is 1. The number of hydrogen-bond acceptors (Lipinski definition) is 3. The van der Waals surface area contributed by atoms with Gasteiger partial charge >= 0.3 is 0 Å². The van der Waals surface area contributed by atoms with Crippen LogP contribution in [0.15, 0.2) is 18.5 Å². The van der Waals surface area contributed by atoms with Crippen molar-refractivity contribution in [2.45, 2.75) is 26.3 Å². The molecule has 0 radical (unpaired) electrons. The molecule has 124 valence electrons. The van der Waals surface area contributed by atoms with E-state index in [9.17, 15) is 9.18 Å². The van der Waals surface area contributed by atoms with Gasteiger partial charge in [0.15, 0.2) is 0 Å². The van der Waals surface area contributed by atoms with Gasteiger partial charge in [0.25, 0.3) is 5.91 Å². The fourth-order valence-electron chi connectivity index (χ4n) is 1.95. The van der Waals surface area contributed by atoms with Gasteiger partial charge in [-0.1, -0.05) is 13.8 Å². The second kappa shape index (κ2) is 7.76. The number of fused-ring (bicyclic) bond motifs is 1. The van der Waals surface area contributed by atoms with Crippen LogP contribution in [-0.4, -0.2) is 28.0 Å². The largest absolute Gasteiger partial charge is 0.345 e. The number of nitrogens with zero attached hydrogens (tertiary/aromatic N) is 1. The molecule has 0 bridgehead atoms. The van der Waals surface area contributed by atoms with Gasteiger partial charge in [-0.2, -0.15) is 0 Å². The minimum absolute atomic E-state index is 0. The Kier molecular flexibility index (Phi) is 7.28. The van der Waals surface area contributed by atoms with Gasteiger partial charge in [0.05, 0.1) is 22.9 Å². The van der Waals surface area contributed by atoms with E-state index in [1.165, 1.54) is 18.5 Å². The first-order valence-corrected chi connectivity index (χ1v) is 6.52. The SMILES string of the molecule is CC(C)C(C)(CN)NC(=O)c1cc(F)cc2[nH]cnc12.Cl.Cl. The summed E-state index contributed by atoms with van der Waals surface area (Å²) in [5, 5.41) is 2.88. The van der Waals surface area contributed by atoms with Crippen molar-refractivity contribution < 1.29 is 9.18 Å². The minimum atomic E-state index is -0.550. The topological polar surface area (TPSA) is 83.8 Å². The van der Waals surface area contributed by atoms with Crippen molar-refractivity contribution in [1.82, 2.24) is 15.3 Å². The number of benzene rings is 1. The Morgan fingerprint density at radius 1 is 1.45 bits per heavy atom. The number of halogens is 3. The predicted octanol–water partition coefficient (Wildman–Crippen LogP) is 2.65. The van der Waals surface area contributed by atoms with Crippen LogP contribution in [0, 0.1) is 11.7 Å². The summed E-state index contributed by atoms with van der Waals surface area (Å²) in [6.45, 7) is 6.12. The highest BCUT2D eigenvalue weighted by Crippen LogP contribution is 2.20. The molecule has 22 heavy (non-hydrogen) atoms. The molecule has 0 saturated carbocycles. The first-order chi connectivity index (χ1) is 9.37. The number of hydrogen-bond donors (Lipinski definition) is 3. The molecule has 1 aromatic heterocycles. The molecule has 8 heteroatoms. The van der Waals surface area contributed by atoms with Crippen molar-refractivity contribution in [3.63, 3.8) is 0 Å². The van der Waals surface area contributed by atoms with Gasteiger partial charge < -0.3 is 16.0 Å². The summed E-state index contributed by atoms with van der Waals surface area (Å²) in [5.74, 6) is -0.700. The number of imidazole rings is 1. The van der Waals surface area contributed by atoms with Gasteiger partial charge in [0.1, 0.15) is 11.3 Å². The molecule has 0 aliphatic carbocycles. The van der Waals surface area contributed by atoms with Crippen molar-refractivity contribution in [2.24, 2.45) is 11.7 Å². The van der Waals surface area contributed by atoms with Crippen LogP contribution in [0.2, 0.25) is 0 Å². The number of carbonyl (C=O) groups is 1. The zero-order valence-electron chi connectivity index (χ0n) is 12.6. The van der Waals surface area contributed by atoms with Gasteiger partial charge in [0, 0.05) is 6.54 Å². The first-order valence-electron chi connectivity index (χ1n) is 6.52. The van der Waals surface area contributed by atoms with Crippen molar-refractivity contribution in [3.8, 4) is 0 Å². The molecule has 2 rings (SSSR count). The lowest BCUT2D eigenvalue weighted by Crippen LogP contribution is -2.55. The second-order valence-corrected chi connectivity index (χ2v) is 5.48. The van der Waals surface area contributed by atoms with Gasteiger partial charge in [-0.15, -0.1) is 24.8 Å². The smallest absolute Gasteiger partial charge is 0.254 e. The highest BCUT2D eigenvalue weighted by atomic mass is 35.5. The van der Waals surface area contributed by atoms with E-state index in [0.717, 1.165) is 0 Å². The van der Waals surface area contributed by atoms with E-state index >= 15 is 0 Å². The number of rotatable bonds is 4. The molecular formula is C14H21Cl2FN4O. The van der Waals surface area contributed by atoms with E-state index in [4.69, 9.17) is 5.73 Å². The molecule has 0 aliphatic rings. The van der Waals surface area contributed by atoms with Crippen LogP contribution in [0.5, 0.6) is 0 Å². The molecule has 2 aromatic rings. The normalized spacial score (nSPS) is 13.2. The maximum atomic E-state index is 13.6. The number of H-pyrrole nitrogens is 1. The zero-order valence-corrected chi connectivity index (χ0v) is 14.3. The van der Waals surface area contributed by atoms with E-state index < -0.39 is 11.4 Å². The molecule has 1 atom stereocenters. The third-order valence-corrected chi connectivity index (χ3v) is 3.83. The van der Waals surface area contributed by atoms with Gasteiger partial charge in [-0.05, 0) is 25.0 Å². The minimum Gasteiger partial charge on any atom is -0.345 e. The fraction of sp³-hybridized carbons (Fsp3) is 0.429. The molecule has 4 N–H and O–H groups in total. The molecule has 5 nitrogen and oxygen atoms in total. The summed E-state index contributed by atoms with van der Waals surface area (Å²) in [5.41, 5.74) is 6.35. The van der Waals surface area contributed by atoms with E-state index in [-0.39, 0.29) is 42.2 Å². The Balaban J connectivity index is 0.00000220. The first kappa shape index (κ1) is 20.6. The highest BCUT2D eigenvalue weighted by molar-refractivity contribution is 6.05. The third kappa shape index (κ3) is 3.88. The van der Waals surface area contributed by atoms with Crippen LogP contribution in [-0.2, 0) is 0 Å². The molecule has 0 fully saturated rings. The van der Waals surface area contributed by atoms with Crippen LogP contribution < -0.4 is 11.1 Å². The number of nitrogens with two attached hydrogens (primary N) is 1. The van der Waals surface area contributed by atoms with Crippen LogP contribution in [0.3, 0.4) is 0 Å². The summed E-state index contributed by atoms with van der Waals surface area (Å²) in [6.07, 6.45) is 1.44. The molecule has 1 unspecified atom stereocenters. The van der Waals surface area contributed by atoms with Gasteiger partial charge in [-0.25, -0.2) is 9.37 Å². The summed E-state index contributed by atoms with van der Waals surface area (Å²) in [7, 11) is 0. The lowest BCUT2D eigenvalue weighted by molar-refractivity contribution is 0.0884. The highest BCUT2D eigenvalue weighted by Gasteiger charge is 2.29. The average Bonchev–Trinajstić information content (AvgIpc) is 2.85. The zero-order chi connectivity index (χ0) is 14.9. The molecule has 1 heterocycles. The summed E-state index contributed by atoms with van der Waals surface area (Å²) >= 11 is 0.